The maximum atomic E-state index is 10.6. The predicted molar refractivity (Wildman–Crippen MR) is 96.5 cm³/mol. The highest BCUT2D eigenvalue weighted by atomic mass is 16.3. The number of aliphatic imine (C=N–C) groups is 1. The van der Waals surface area contributed by atoms with Gasteiger partial charge >= 0.3 is 0 Å². The molecule has 0 aliphatic rings. The van der Waals surface area contributed by atoms with Crippen molar-refractivity contribution in [3.05, 3.63) is 28.8 Å². The molecule has 1 aromatic rings. The van der Waals surface area contributed by atoms with E-state index >= 15 is 0 Å². The molecule has 124 valence electrons. The topological polar surface area (TPSA) is 35.8 Å². The first-order valence-electron chi connectivity index (χ1n) is 7.95. The Morgan fingerprint density at radius 3 is 2.09 bits per heavy atom. The Hall–Kier alpha value is -1.35. The van der Waals surface area contributed by atoms with Crippen LogP contribution in [0.1, 0.15) is 58.2 Å². The SMILES string of the molecule is CN(C)CC/N=C/c1cc(C(C)(C)C)cc(C(C)(C)C)c1O. The summed E-state index contributed by atoms with van der Waals surface area (Å²) in [4.78, 5) is 6.56. The van der Waals surface area contributed by atoms with E-state index in [1.807, 2.05) is 20.3 Å². The molecule has 3 nitrogen and oxygen atoms in total. The standard InChI is InChI=1S/C19H32N2O/c1-18(2,3)15-11-14(13-20-9-10-21(7)8)17(22)16(12-15)19(4,5)6/h11-13,22H,9-10H2,1-8H3/b20-13+. The van der Waals surface area contributed by atoms with Crippen LogP contribution in [-0.4, -0.2) is 43.4 Å². The van der Waals surface area contributed by atoms with Crippen molar-refractivity contribution in [2.24, 2.45) is 4.99 Å². The average Bonchev–Trinajstić information content (AvgIpc) is 2.33. The zero-order valence-electron chi connectivity index (χ0n) is 15.5. The Morgan fingerprint density at radius 1 is 1.05 bits per heavy atom. The summed E-state index contributed by atoms with van der Waals surface area (Å²) in [5.74, 6) is 0.356. The van der Waals surface area contributed by atoms with Gasteiger partial charge in [0.15, 0.2) is 0 Å². The highest BCUT2D eigenvalue weighted by Crippen LogP contribution is 2.37. The Balaban J connectivity index is 3.26. The molecule has 0 radical (unpaired) electrons. The van der Waals surface area contributed by atoms with E-state index in [0.717, 1.165) is 24.2 Å². The van der Waals surface area contributed by atoms with Crippen molar-refractivity contribution in [2.45, 2.75) is 52.4 Å². The fraction of sp³-hybridized carbons (Fsp3) is 0.632. The van der Waals surface area contributed by atoms with Crippen molar-refractivity contribution in [1.82, 2.24) is 4.90 Å². The second kappa shape index (κ2) is 6.82. The van der Waals surface area contributed by atoms with Gasteiger partial charge in [0.2, 0.25) is 0 Å². The van der Waals surface area contributed by atoms with Gasteiger partial charge in [-0.05, 0) is 36.6 Å². The third-order valence-electron chi connectivity index (χ3n) is 3.72. The smallest absolute Gasteiger partial charge is 0.128 e. The molecule has 0 amide bonds. The molecule has 0 bridgehead atoms. The minimum absolute atomic E-state index is 0.0416. The van der Waals surface area contributed by atoms with Gasteiger partial charge in [-0.25, -0.2) is 0 Å². The van der Waals surface area contributed by atoms with Gasteiger partial charge in [0.05, 0.1) is 6.54 Å². The molecule has 1 aromatic carbocycles. The largest absolute Gasteiger partial charge is 0.507 e. The molecule has 1 rings (SSSR count). The summed E-state index contributed by atoms with van der Waals surface area (Å²) in [7, 11) is 4.07. The van der Waals surface area contributed by atoms with Gasteiger partial charge in [0, 0.05) is 23.9 Å². The van der Waals surface area contributed by atoms with Crippen molar-refractivity contribution in [1.29, 1.82) is 0 Å². The summed E-state index contributed by atoms with van der Waals surface area (Å²) in [5.41, 5.74) is 2.96. The van der Waals surface area contributed by atoms with E-state index in [-0.39, 0.29) is 10.8 Å². The van der Waals surface area contributed by atoms with E-state index in [4.69, 9.17) is 0 Å². The van der Waals surface area contributed by atoms with E-state index < -0.39 is 0 Å². The van der Waals surface area contributed by atoms with E-state index in [1.54, 1.807) is 0 Å². The molecule has 0 saturated carbocycles. The molecule has 0 spiro atoms. The fourth-order valence-electron chi connectivity index (χ4n) is 2.18. The van der Waals surface area contributed by atoms with Crippen molar-refractivity contribution >= 4 is 6.21 Å². The van der Waals surface area contributed by atoms with E-state index in [1.165, 1.54) is 5.56 Å². The molecular weight excluding hydrogens is 272 g/mol. The number of nitrogens with zero attached hydrogens (tertiary/aromatic N) is 2. The summed E-state index contributed by atoms with van der Waals surface area (Å²) in [6, 6.07) is 4.19. The van der Waals surface area contributed by atoms with Gasteiger partial charge in [-0.1, -0.05) is 47.6 Å². The molecule has 0 fully saturated rings. The normalized spacial score (nSPS) is 13.3. The third kappa shape index (κ3) is 5.13. The van der Waals surface area contributed by atoms with Gasteiger partial charge in [-0.3, -0.25) is 4.99 Å². The van der Waals surface area contributed by atoms with Gasteiger partial charge < -0.3 is 10.0 Å². The van der Waals surface area contributed by atoms with Gasteiger partial charge in [-0.15, -0.1) is 0 Å². The van der Waals surface area contributed by atoms with Crippen LogP contribution in [-0.2, 0) is 10.8 Å². The second-order valence-corrected chi connectivity index (χ2v) is 8.30. The highest BCUT2D eigenvalue weighted by Gasteiger charge is 2.24. The number of phenols is 1. The lowest BCUT2D eigenvalue weighted by Crippen LogP contribution is -2.17. The van der Waals surface area contributed by atoms with E-state index in [0.29, 0.717) is 5.75 Å². The zero-order chi connectivity index (χ0) is 17.1. The molecule has 0 saturated heterocycles. The molecule has 0 aliphatic carbocycles. The van der Waals surface area contributed by atoms with Gasteiger partial charge in [-0.2, -0.15) is 0 Å². The molecule has 3 heteroatoms. The first-order valence-corrected chi connectivity index (χ1v) is 7.95. The maximum absolute atomic E-state index is 10.6. The Labute approximate surface area is 136 Å². The summed E-state index contributed by atoms with van der Waals surface area (Å²) < 4.78 is 0. The molecule has 0 atom stereocenters. The Bertz CT molecular complexity index is 532. The minimum Gasteiger partial charge on any atom is -0.507 e. The van der Waals surface area contributed by atoms with Gasteiger partial charge in [0.25, 0.3) is 0 Å². The van der Waals surface area contributed by atoms with Crippen molar-refractivity contribution in [3.63, 3.8) is 0 Å². The van der Waals surface area contributed by atoms with Crippen LogP contribution in [0.3, 0.4) is 0 Å². The molecular formula is C19H32N2O. The summed E-state index contributed by atoms with van der Waals surface area (Å²) in [6.45, 7) is 14.6. The number of phenolic OH excluding ortho intramolecular Hbond substituents is 1. The van der Waals surface area contributed by atoms with E-state index in [9.17, 15) is 5.11 Å². The van der Waals surface area contributed by atoms with Crippen LogP contribution in [0.2, 0.25) is 0 Å². The lowest BCUT2D eigenvalue weighted by Gasteiger charge is -2.27. The molecule has 1 N–H and O–H groups in total. The molecule has 0 unspecified atom stereocenters. The number of aromatic hydroxyl groups is 1. The fourth-order valence-corrected chi connectivity index (χ4v) is 2.18. The van der Waals surface area contributed by atoms with Crippen LogP contribution in [0, 0.1) is 0 Å². The quantitative estimate of drug-likeness (QED) is 0.854. The molecule has 0 aromatic heterocycles. The summed E-state index contributed by atoms with van der Waals surface area (Å²) >= 11 is 0. The number of benzene rings is 1. The van der Waals surface area contributed by atoms with Crippen LogP contribution < -0.4 is 0 Å². The number of likely N-dealkylation sites (N-methyl/N-ethyl adjacent to an activating group) is 1. The van der Waals surface area contributed by atoms with E-state index in [2.05, 4.69) is 63.6 Å². The monoisotopic (exact) mass is 304 g/mol. The van der Waals surface area contributed by atoms with Crippen LogP contribution in [0.4, 0.5) is 0 Å². The summed E-state index contributed by atoms with van der Waals surface area (Å²) in [5, 5.41) is 10.6. The third-order valence-corrected chi connectivity index (χ3v) is 3.72. The maximum Gasteiger partial charge on any atom is 0.128 e. The van der Waals surface area contributed by atoms with Crippen LogP contribution >= 0.6 is 0 Å². The lowest BCUT2D eigenvalue weighted by molar-refractivity contribution is 0.420. The number of hydrogen-bond acceptors (Lipinski definition) is 3. The Morgan fingerprint density at radius 2 is 1.64 bits per heavy atom. The first-order chi connectivity index (χ1) is 9.93. The van der Waals surface area contributed by atoms with Crippen LogP contribution in [0.5, 0.6) is 5.75 Å². The zero-order valence-corrected chi connectivity index (χ0v) is 15.5. The predicted octanol–water partition coefficient (Wildman–Crippen LogP) is 3.97. The van der Waals surface area contributed by atoms with Crippen molar-refractivity contribution < 1.29 is 5.11 Å². The van der Waals surface area contributed by atoms with Crippen molar-refractivity contribution in [3.8, 4) is 5.75 Å². The molecule has 0 heterocycles. The number of hydrogen-bond donors (Lipinski definition) is 1. The highest BCUT2D eigenvalue weighted by molar-refractivity contribution is 5.85. The summed E-state index contributed by atoms with van der Waals surface area (Å²) in [6.07, 6.45) is 1.81. The van der Waals surface area contributed by atoms with Crippen molar-refractivity contribution in [2.75, 3.05) is 27.2 Å². The Kier molecular flexibility index (Phi) is 5.80. The molecule has 0 aliphatic heterocycles. The average molecular weight is 304 g/mol. The lowest BCUT2D eigenvalue weighted by atomic mass is 9.79. The number of rotatable bonds is 4. The van der Waals surface area contributed by atoms with Gasteiger partial charge in [0.1, 0.15) is 5.75 Å². The minimum atomic E-state index is -0.0996. The first kappa shape index (κ1) is 18.7. The van der Waals surface area contributed by atoms with Crippen LogP contribution in [0.25, 0.3) is 0 Å². The molecule has 22 heavy (non-hydrogen) atoms. The van der Waals surface area contributed by atoms with Crippen LogP contribution in [0.15, 0.2) is 17.1 Å². The second-order valence-electron chi connectivity index (χ2n) is 8.30.